The van der Waals surface area contributed by atoms with Crippen LogP contribution in [0.1, 0.15) is 19.4 Å². The van der Waals surface area contributed by atoms with E-state index >= 15 is 0 Å². The lowest BCUT2D eigenvalue weighted by Gasteiger charge is -2.18. The third-order valence-corrected chi connectivity index (χ3v) is 4.55. The van der Waals surface area contributed by atoms with E-state index in [1.54, 1.807) is 0 Å². The van der Waals surface area contributed by atoms with Gasteiger partial charge in [-0.1, -0.05) is 74.5 Å². The number of aromatic nitrogens is 1. The molecule has 150 valence electrons. The Morgan fingerprint density at radius 3 is 2.17 bits per heavy atom. The number of hydrogen-bond donors (Lipinski definition) is 1. The van der Waals surface area contributed by atoms with Crippen molar-refractivity contribution in [2.24, 2.45) is 5.73 Å². The summed E-state index contributed by atoms with van der Waals surface area (Å²) in [6, 6.07) is 27.1. The number of nitrogens with two attached hydrogens (primary N) is 1. The predicted molar refractivity (Wildman–Crippen MR) is 127 cm³/mol. The van der Waals surface area contributed by atoms with Crippen LogP contribution >= 0.6 is 0 Å². The molecule has 1 heterocycles. The highest BCUT2D eigenvalue weighted by atomic mass is 15.1. The molecule has 4 rings (SSSR count). The van der Waals surface area contributed by atoms with Crippen molar-refractivity contribution in [3.05, 3.63) is 96.8 Å². The third-order valence-electron chi connectivity index (χ3n) is 4.55. The lowest BCUT2D eigenvalue weighted by molar-refractivity contribution is 0.927. The highest BCUT2D eigenvalue weighted by Gasteiger charge is 1.99. The van der Waals surface area contributed by atoms with Gasteiger partial charge in [0.1, 0.15) is 0 Å². The molecular formula is C26H31N3. The lowest BCUT2D eigenvalue weighted by Crippen LogP contribution is -2.25. The highest BCUT2D eigenvalue weighted by molar-refractivity contribution is 5.86. The monoisotopic (exact) mass is 385 g/mol. The maximum Gasteiger partial charge on any atom is 0.0653 e. The summed E-state index contributed by atoms with van der Waals surface area (Å²) in [6.07, 6.45) is 3.73. The van der Waals surface area contributed by atoms with E-state index in [4.69, 9.17) is 5.73 Å². The van der Waals surface area contributed by atoms with Crippen molar-refractivity contribution < 1.29 is 0 Å². The summed E-state index contributed by atoms with van der Waals surface area (Å²) in [4.78, 5) is 6.17. The van der Waals surface area contributed by atoms with Gasteiger partial charge in [0, 0.05) is 30.5 Å². The minimum absolute atomic E-state index is 0.560. The van der Waals surface area contributed by atoms with E-state index in [-0.39, 0.29) is 0 Å². The predicted octanol–water partition coefficient (Wildman–Crippen LogP) is 6.28. The number of hydrogen-bond acceptors (Lipinski definition) is 3. The summed E-state index contributed by atoms with van der Waals surface area (Å²) >= 11 is 0. The Bertz CT molecular complexity index is 997. The second kappa shape index (κ2) is 11.6. The average Bonchev–Trinajstić information content (AvgIpc) is 2.81. The average molecular weight is 386 g/mol. The van der Waals surface area contributed by atoms with Crippen molar-refractivity contribution in [1.29, 1.82) is 0 Å². The summed E-state index contributed by atoms with van der Waals surface area (Å²) in [6.45, 7) is 6.65. The molecule has 3 nitrogen and oxygen atoms in total. The molecule has 0 atom stereocenters. The molecule has 2 N–H and O–H groups in total. The molecule has 0 fully saturated rings. The van der Waals surface area contributed by atoms with Gasteiger partial charge in [0.2, 0.25) is 0 Å². The Morgan fingerprint density at radius 2 is 1.48 bits per heavy atom. The molecule has 0 aliphatic heterocycles. The van der Waals surface area contributed by atoms with Gasteiger partial charge < -0.3 is 10.6 Å². The Morgan fingerprint density at radius 1 is 0.793 bits per heavy atom. The number of aryl methyl sites for hydroxylation is 1. The molecular weight excluding hydrogens is 354 g/mol. The zero-order valence-corrected chi connectivity index (χ0v) is 17.8. The minimum atomic E-state index is 0.560. The van der Waals surface area contributed by atoms with Crippen LogP contribution in [0.5, 0.6) is 0 Å². The van der Waals surface area contributed by atoms with Crippen molar-refractivity contribution in [3.8, 4) is 11.1 Å². The summed E-state index contributed by atoms with van der Waals surface area (Å²) in [5, 5.41) is 2.42. The summed E-state index contributed by atoms with van der Waals surface area (Å²) in [7, 11) is 1.99. The Hall–Kier alpha value is -3.17. The van der Waals surface area contributed by atoms with Gasteiger partial charge in [0.25, 0.3) is 0 Å². The molecule has 3 heteroatoms. The number of para-hydroxylation sites is 1. The molecule has 0 saturated carbocycles. The largest absolute Gasteiger partial charge is 0.362 e. The number of pyridine rings is 1. The smallest absolute Gasteiger partial charge is 0.0653 e. The second-order valence-corrected chi connectivity index (χ2v) is 6.47. The molecule has 0 aliphatic rings. The first-order chi connectivity index (χ1) is 14.2. The first kappa shape index (κ1) is 22.1. The van der Waals surface area contributed by atoms with Crippen LogP contribution in [0.4, 0.5) is 5.69 Å². The van der Waals surface area contributed by atoms with E-state index in [0.29, 0.717) is 6.67 Å². The zero-order valence-electron chi connectivity index (χ0n) is 17.8. The summed E-state index contributed by atoms with van der Waals surface area (Å²) < 4.78 is 0. The van der Waals surface area contributed by atoms with E-state index < -0.39 is 0 Å². The fraction of sp³-hybridized carbons (Fsp3) is 0.192. The molecule has 4 aromatic rings. The molecule has 0 amide bonds. The molecule has 3 aromatic carbocycles. The Balaban J connectivity index is 0.000000203. The van der Waals surface area contributed by atoms with Gasteiger partial charge >= 0.3 is 0 Å². The van der Waals surface area contributed by atoms with Crippen LogP contribution in [0.2, 0.25) is 0 Å². The van der Waals surface area contributed by atoms with E-state index in [9.17, 15) is 0 Å². The highest BCUT2D eigenvalue weighted by Crippen LogP contribution is 2.23. The van der Waals surface area contributed by atoms with Crippen molar-refractivity contribution in [3.63, 3.8) is 0 Å². The fourth-order valence-electron chi connectivity index (χ4n) is 2.99. The summed E-state index contributed by atoms with van der Waals surface area (Å²) in [5.74, 6) is 0. The van der Waals surface area contributed by atoms with Crippen LogP contribution in [0, 0.1) is 6.92 Å². The van der Waals surface area contributed by atoms with Crippen molar-refractivity contribution in [1.82, 2.24) is 4.98 Å². The molecule has 1 aromatic heterocycles. The van der Waals surface area contributed by atoms with Crippen LogP contribution < -0.4 is 10.6 Å². The van der Waals surface area contributed by atoms with E-state index in [0.717, 1.165) is 0 Å². The van der Waals surface area contributed by atoms with Crippen LogP contribution in [0.25, 0.3) is 21.9 Å². The van der Waals surface area contributed by atoms with Gasteiger partial charge in [0.05, 0.1) is 6.67 Å². The quantitative estimate of drug-likeness (QED) is 0.422. The van der Waals surface area contributed by atoms with Gasteiger partial charge in [-0.3, -0.25) is 4.98 Å². The molecule has 0 aliphatic carbocycles. The van der Waals surface area contributed by atoms with Crippen LogP contribution in [0.3, 0.4) is 0 Å². The van der Waals surface area contributed by atoms with Crippen LogP contribution in [-0.4, -0.2) is 18.7 Å². The van der Waals surface area contributed by atoms with Crippen molar-refractivity contribution >= 4 is 16.5 Å². The van der Waals surface area contributed by atoms with Gasteiger partial charge in [-0.05, 0) is 47.2 Å². The number of rotatable bonds is 3. The van der Waals surface area contributed by atoms with Crippen molar-refractivity contribution in [2.45, 2.75) is 20.8 Å². The molecule has 0 saturated heterocycles. The fourth-order valence-corrected chi connectivity index (χ4v) is 2.99. The zero-order chi connectivity index (χ0) is 21.1. The molecule has 0 radical (unpaired) electrons. The minimum Gasteiger partial charge on any atom is -0.362 e. The topological polar surface area (TPSA) is 42.1 Å². The molecule has 0 spiro atoms. The standard InChI is InChI=1S/C15H11N.C9H14N2.C2H6/c1-2-4-12(5-3-1)14-7-6-13-8-9-16-11-15(13)10-14;1-8-5-3-4-6-9(8)11(2)7-10;1-2/h1-11H;3-6H,7,10H2,1-2H3;1-2H3. The number of fused-ring (bicyclic) bond motifs is 1. The van der Waals surface area contributed by atoms with Crippen LogP contribution in [0.15, 0.2) is 91.3 Å². The number of benzene rings is 3. The van der Waals surface area contributed by atoms with Gasteiger partial charge in [-0.2, -0.15) is 0 Å². The molecule has 0 bridgehead atoms. The van der Waals surface area contributed by atoms with Gasteiger partial charge in [0.15, 0.2) is 0 Å². The maximum absolute atomic E-state index is 5.50. The van der Waals surface area contributed by atoms with Crippen molar-refractivity contribution in [2.75, 3.05) is 18.6 Å². The molecule has 29 heavy (non-hydrogen) atoms. The number of anilines is 1. The van der Waals surface area contributed by atoms with Crippen LogP contribution in [-0.2, 0) is 0 Å². The van der Waals surface area contributed by atoms with E-state index in [1.807, 2.05) is 62.5 Å². The lowest BCUT2D eigenvalue weighted by atomic mass is 10.0. The third kappa shape index (κ3) is 6.16. The SMILES string of the molecule is CC.Cc1ccccc1N(C)CN.c1ccc(-c2ccc3ccncc3c2)cc1. The Kier molecular flexibility index (Phi) is 8.87. The normalized spacial score (nSPS) is 9.69. The van der Waals surface area contributed by atoms with Gasteiger partial charge in [-0.15, -0.1) is 0 Å². The molecule has 0 unspecified atom stereocenters. The Labute approximate surface area is 174 Å². The maximum atomic E-state index is 5.50. The number of nitrogens with zero attached hydrogens (tertiary/aromatic N) is 2. The first-order valence-corrected chi connectivity index (χ1v) is 10.0. The van der Waals surface area contributed by atoms with E-state index in [1.165, 1.54) is 33.2 Å². The van der Waals surface area contributed by atoms with Gasteiger partial charge in [-0.25, -0.2) is 0 Å². The second-order valence-electron chi connectivity index (χ2n) is 6.47. The first-order valence-electron chi connectivity index (χ1n) is 10.0. The van der Waals surface area contributed by atoms with E-state index in [2.05, 4.69) is 66.5 Å². The summed E-state index contributed by atoms with van der Waals surface area (Å²) in [5.41, 5.74) is 10.4.